The number of methoxy groups -OCH3 is 1. The number of hydrogen-bond acceptors (Lipinski definition) is 8. The van der Waals surface area contributed by atoms with Crippen molar-refractivity contribution in [3.8, 4) is 11.5 Å². The van der Waals surface area contributed by atoms with Crippen molar-refractivity contribution < 1.29 is 14.3 Å². The average Bonchev–Trinajstić information content (AvgIpc) is 2.87. The van der Waals surface area contributed by atoms with Gasteiger partial charge in [0, 0.05) is 62.9 Å². The van der Waals surface area contributed by atoms with Gasteiger partial charge in [-0.2, -0.15) is 0 Å². The lowest BCUT2D eigenvalue weighted by Gasteiger charge is -2.34. The number of nitrogens with one attached hydrogen (secondary N) is 3. The maximum absolute atomic E-state index is 12.7. The van der Waals surface area contributed by atoms with Crippen LogP contribution in [0.4, 0.5) is 21.9 Å². The van der Waals surface area contributed by atoms with Crippen LogP contribution in [-0.2, 0) is 6.42 Å². The highest BCUT2D eigenvalue weighted by Gasteiger charge is 2.19. The van der Waals surface area contributed by atoms with Crippen LogP contribution < -0.4 is 30.6 Å². The van der Waals surface area contributed by atoms with Gasteiger partial charge in [-0.15, -0.1) is 0 Å². The van der Waals surface area contributed by atoms with Gasteiger partial charge in [0.15, 0.2) is 0 Å². The third-order valence-corrected chi connectivity index (χ3v) is 5.80. The molecule has 1 saturated heterocycles. The van der Waals surface area contributed by atoms with Crippen LogP contribution in [0.1, 0.15) is 5.69 Å². The van der Waals surface area contributed by atoms with Gasteiger partial charge in [0.25, 0.3) is 5.56 Å². The van der Waals surface area contributed by atoms with E-state index in [9.17, 15) is 9.59 Å². The van der Waals surface area contributed by atoms with Crippen LogP contribution >= 0.6 is 0 Å². The Labute approximate surface area is 203 Å². The van der Waals surface area contributed by atoms with Crippen LogP contribution in [0.25, 0.3) is 0 Å². The number of anilines is 3. The normalized spacial score (nSPS) is 13.8. The van der Waals surface area contributed by atoms with Crippen molar-refractivity contribution in [3.63, 3.8) is 0 Å². The van der Waals surface area contributed by atoms with Crippen LogP contribution in [-0.4, -0.2) is 67.8 Å². The summed E-state index contributed by atoms with van der Waals surface area (Å²) in [6.07, 6.45) is 3.13. The summed E-state index contributed by atoms with van der Waals surface area (Å²) >= 11 is 0. The molecule has 1 aliphatic heterocycles. The Kier molecular flexibility index (Phi) is 7.84. The fraction of sp³-hybridized carbons (Fsp3) is 0.320. The van der Waals surface area contributed by atoms with E-state index in [1.807, 2.05) is 30.3 Å². The number of aromatic amines is 1. The van der Waals surface area contributed by atoms with Crippen molar-refractivity contribution in [1.29, 1.82) is 0 Å². The maximum atomic E-state index is 12.7. The third kappa shape index (κ3) is 6.30. The number of benzene rings is 1. The summed E-state index contributed by atoms with van der Waals surface area (Å²) in [6.45, 7) is 4.11. The molecule has 0 aliphatic carbocycles. The molecule has 184 valence electrons. The minimum Gasteiger partial charge on any atom is -0.495 e. The SMILES string of the molecule is COc1ccc(NC(=O)Oc2c(NCCc3ccccn3)cc[nH]c2=O)cc1N1CCN(C)CC1. The van der Waals surface area contributed by atoms with Gasteiger partial charge in [-0.25, -0.2) is 4.79 Å². The highest BCUT2D eigenvalue weighted by atomic mass is 16.6. The average molecular weight is 479 g/mol. The molecule has 3 heterocycles. The Morgan fingerprint density at radius 3 is 2.71 bits per heavy atom. The van der Waals surface area contributed by atoms with E-state index in [4.69, 9.17) is 9.47 Å². The molecule has 0 bridgehead atoms. The van der Waals surface area contributed by atoms with Gasteiger partial charge >= 0.3 is 6.09 Å². The molecule has 35 heavy (non-hydrogen) atoms. The zero-order chi connectivity index (χ0) is 24.6. The lowest BCUT2D eigenvalue weighted by atomic mass is 10.2. The molecule has 1 aromatic carbocycles. The number of carbonyl (C=O) groups excluding carboxylic acids is 1. The predicted octanol–water partition coefficient (Wildman–Crippen LogP) is 2.80. The molecule has 10 heteroatoms. The number of likely N-dealkylation sites (N-methyl/N-ethyl adjacent to an activating group) is 1. The molecule has 1 amide bonds. The predicted molar refractivity (Wildman–Crippen MR) is 136 cm³/mol. The summed E-state index contributed by atoms with van der Waals surface area (Å²) < 4.78 is 10.9. The second-order valence-electron chi connectivity index (χ2n) is 8.24. The zero-order valence-electron chi connectivity index (χ0n) is 19.9. The smallest absolute Gasteiger partial charge is 0.417 e. The van der Waals surface area contributed by atoms with E-state index >= 15 is 0 Å². The molecule has 1 fully saturated rings. The van der Waals surface area contributed by atoms with Gasteiger partial charge in [0.05, 0.1) is 18.5 Å². The second kappa shape index (κ2) is 11.4. The van der Waals surface area contributed by atoms with E-state index in [0.29, 0.717) is 24.3 Å². The molecule has 0 unspecified atom stereocenters. The third-order valence-electron chi connectivity index (χ3n) is 5.80. The summed E-state index contributed by atoms with van der Waals surface area (Å²) in [5, 5.41) is 5.87. The van der Waals surface area contributed by atoms with E-state index in [0.717, 1.165) is 43.3 Å². The topological polar surface area (TPSA) is 112 Å². The van der Waals surface area contributed by atoms with Gasteiger partial charge in [0.1, 0.15) is 5.75 Å². The Hall–Kier alpha value is -4.05. The van der Waals surface area contributed by atoms with Crippen molar-refractivity contribution in [2.75, 3.05) is 62.4 Å². The largest absolute Gasteiger partial charge is 0.495 e. The molecule has 3 aromatic rings. The minimum absolute atomic E-state index is 0.0983. The number of pyridine rings is 2. The first-order valence-electron chi connectivity index (χ1n) is 11.5. The fourth-order valence-corrected chi connectivity index (χ4v) is 3.87. The van der Waals surface area contributed by atoms with Gasteiger partial charge < -0.3 is 29.6 Å². The molecule has 0 saturated carbocycles. The van der Waals surface area contributed by atoms with E-state index in [2.05, 4.69) is 37.4 Å². The van der Waals surface area contributed by atoms with E-state index < -0.39 is 11.7 Å². The minimum atomic E-state index is -0.760. The van der Waals surface area contributed by atoms with E-state index in [1.54, 1.807) is 25.4 Å². The molecule has 0 spiro atoms. The number of ether oxygens (including phenoxy) is 2. The molecular formula is C25H30N6O4. The first-order chi connectivity index (χ1) is 17.0. The molecular weight excluding hydrogens is 448 g/mol. The van der Waals surface area contributed by atoms with Crippen LogP contribution in [0.2, 0.25) is 0 Å². The molecule has 3 N–H and O–H groups in total. The van der Waals surface area contributed by atoms with Crippen molar-refractivity contribution in [3.05, 3.63) is 70.9 Å². The highest BCUT2D eigenvalue weighted by molar-refractivity contribution is 5.88. The first-order valence-corrected chi connectivity index (χ1v) is 11.5. The quantitative estimate of drug-likeness (QED) is 0.453. The van der Waals surface area contributed by atoms with Crippen molar-refractivity contribution >= 4 is 23.2 Å². The molecule has 4 rings (SSSR count). The molecule has 0 atom stereocenters. The van der Waals surface area contributed by atoms with Crippen molar-refractivity contribution in [1.82, 2.24) is 14.9 Å². The number of aromatic nitrogens is 2. The molecule has 10 nitrogen and oxygen atoms in total. The van der Waals surface area contributed by atoms with Crippen molar-refractivity contribution in [2.45, 2.75) is 6.42 Å². The lowest BCUT2D eigenvalue weighted by Crippen LogP contribution is -2.44. The fourth-order valence-electron chi connectivity index (χ4n) is 3.87. The number of carbonyl (C=O) groups is 1. The number of rotatable bonds is 8. The van der Waals surface area contributed by atoms with Crippen molar-refractivity contribution in [2.24, 2.45) is 0 Å². The standard InChI is InChI=1S/C25H30N6O4/c1-30-13-15-31(16-14-30)21-17-19(6-7-22(21)34-2)29-25(33)35-23-20(9-12-28-24(23)32)27-11-8-18-5-3-4-10-26-18/h3-7,9-10,12,17H,8,11,13-16H2,1-2H3,(H,29,33)(H2,27,28,32). The van der Waals surface area contributed by atoms with E-state index in [-0.39, 0.29) is 5.75 Å². The zero-order valence-corrected chi connectivity index (χ0v) is 19.9. The first kappa shape index (κ1) is 24.1. The Morgan fingerprint density at radius 2 is 1.97 bits per heavy atom. The van der Waals surface area contributed by atoms with Gasteiger partial charge in [0.2, 0.25) is 5.75 Å². The molecule has 2 aromatic heterocycles. The van der Waals surface area contributed by atoms with Crippen LogP contribution in [0.3, 0.4) is 0 Å². The number of amides is 1. The summed E-state index contributed by atoms with van der Waals surface area (Å²) in [7, 11) is 3.72. The van der Waals surface area contributed by atoms with Crippen LogP contribution in [0.5, 0.6) is 11.5 Å². The van der Waals surface area contributed by atoms with Gasteiger partial charge in [-0.3, -0.25) is 15.1 Å². The molecule has 0 radical (unpaired) electrons. The summed E-state index contributed by atoms with van der Waals surface area (Å²) in [5.41, 5.74) is 2.28. The summed E-state index contributed by atoms with van der Waals surface area (Å²) in [4.78, 5) is 36.4. The Morgan fingerprint density at radius 1 is 1.14 bits per heavy atom. The van der Waals surface area contributed by atoms with Crippen LogP contribution in [0.15, 0.2) is 59.7 Å². The highest BCUT2D eigenvalue weighted by Crippen LogP contribution is 2.32. The lowest BCUT2D eigenvalue weighted by molar-refractivity contribution is 0.214. The van der Waals surface area contributed by atoms with Gasteiger partial charge in [-0.05, 0) is 43.4 Å². The second-order valence-corrected chi connectivity index (χ2v) is 8.24. The Bertz CT molecular complexity index is 1190. The summed E-state index contributed by atoms with van der Waals surface area (Å²) in [5.74, 6) is 0.631. The number of H-pyrrole nitrogens is 1. The van der Waals surface area contributed by atoms with Crippen LogP contribution in [0, 0.1) is 0 Å². The monoisotopic (exact) mass is 478 g/mol. The molecule has 1 aliphatic rings. The number of nitrogens with zero attached hydrogens (tertiary/aromatic N) is 3. The maximum Gasteiger partial charge on any atom is 0.417 e. The van der Waals surface area contributed by atoms with E-state index in [1.165, 1.54) is 6.20 Å². The Balaban J connectivity index is 1.43. The summed E-state index contributed by atoms with van der Waals surface area (Å²) in [6, 6.07) is 12.8. The number of hydrogen-bond donors (Lipinski definition) is 3. The van der Waals surface area contributed by atoms with Gasteiger partial charge in [-0.1, -0.05) is 6.07 Å². The number of piperazine rings is 1.